The molecule has 0 spiro atoms. The van der Waals surface area contributed by atoms with Crippen LogP contribution in [0.15, 0.2) is 42.5 Å². The topological polar surface area (TPSA) is 59.1 Å². The second-order valence-electron chi connectivity index (χ2n) is 5.16. The number of aryl methyl sites for hydroxylation is 2. The van der Waals surface area contributed by atoms with E-state index in [1.165, 1.54) is 36.0 Å². The molecule has 1 aliphatic carbocycles. The lowest BCUT2D eigenvalue weighted by Gasteiger charge is -2.11. The van der Waals surface area contributed by atoms with Gasteiger partial charge in [0, 0.05) is 0 Å². The molecule has 3 rings (SSSR count). The number of benzene rings is 2. The highest BCUT2D eigenvalue weighted by molar-refractivity contribution is 5.97. The molecule has 0 saturated carbocycles. The Kier molecular flexibility index (Phi) is 3.42. The van der Waals surface area contributed by atoms with Crippen LogP contribution in [0.3, 0.4) is 0 Å². The zero-order valence-electron chi connectivity index (χ0n) is 11.4. The lowest BCUT2D eigenvalue weighted by atomic mass is 10.1. The van der Waals surface area contributed by atoms with Crippen molar-refractivity contribution in [3.63, 3.8) is 0 Å². The van der Waals surface area contributed by atoms with Crippen molar-refractivity contribution in [3.8, 4) is 5.75 Å². The fourth-order valence-electron chi connectivity index (χ4n) is 2.69. The fraction of sp³-hybridized carbons (Fsp3) is 0.235. The van der Waals surface area contributed by atoms with Gasteiger partial charge in [-0.2, -0.15) is 0 Å². The van der Waals surface area contributed by atoms with E-state index in [0.29, 0.717) is 17.9 Å². The van der Waals surface area contributed by atoms with Crippen LogP contribution in [0.1, 0.15) is 28.7 Å². The SMILES string of the molecule is N=C(N)c1ccccc1OCc1ccc2c(c1)CCC2. The van der Waals surface area contributed by atoms with Crippen molar-refractivity contribution in [1.29, 1.82) is 5.41 Å². The quantitative estimate of drug-likeness (QED) is 0.660. The standard InChI is InChI=1S/C17H18N2O/c18-17(19)15-6-1-2-7-16(15)20-11-12-8-9-13-4-3-5-14(13)10-12/h1-2,6-10H,3-5,11H2,(H3,18,19). The zero-order chi connectivity index (χ0) is 13.9. The lowest BCUT2D eigenvalue weighted by molar-refractivity contribution is 0.305. The molecule has 0 atom stereocenters. The van der Waals surface area contributed by atoms with E-state index in [-0.39, 0.29) is 5.84 Å². The maximum absolute atomic E-state index is 7.56. The summed E-state index contributed by atoms with van der Waals surface area (Å²) in [7, 11) is 0. The van der Waals surface area contributed by atoms with Crippen molar-refractivity contribution in [2.45, 2.75) is 25.9 Å². The van der Waals surface area contributed by atoms with Crippen molar-refractivity contribution in [1.82, 2.24) is 0 Å². The lowest BCUT2D eigenvalue weighted by Crippen LogP contribution is -2.13. The summed E-state index contributed by atoms with van der Waals surface area (Å²) in [5.74, 6) is 0.704. The summed E-state index contributed by atoms with van der Waals surface area (Å²) in [5, 5.41) is 7.56. The van der Waals surface area contributed by atoms with Crippen molar-refractivity contribution < 1.29 is 4.74 Å². The van der Waals surface area contributed by atoms with Gasteiger partial charge in [0.1, 0.15) is 18.2 Å². The number of nitrogens with two attached hydrogens (primary N) is 1. The maximum atomic E-state index is 7.56. The largest absolute Gasteiger partial charge is 0.488 e. The van der Waals surface area contributed by atoms with Crippen LogP contribution in [0.5, 0.6) is 5.75 Å². The summed E-state index contributed by atoms with van der Waals surface area (Å²) >= 11 is 0. The van der Waals surface area contributed by atoms with Crippen molar-refractivity contribution in [2.75, 3.05) is 0 Å². The highest BCUT2D eigenvalue weighted by Crippen LogP contribution is 2.24. The van der Waals surface area contributed by atoms with Crippen LogP contribution in [0.2, 0.25) is 0 Å². The Bertz CT molecular complexity index is 649. The maximum Gasteiger partial charge on any atom is 0.130 e. The van der Waals surface area contributed by atoms with Crippen LogP contribution in [-0.2, 0) is 19.4 Å². The minimum absolute atomic E-state index is 0.0366. The molecule has 2 aromatic carbocycles. The van der Waals surface area contributed by atoms with Crippen LogP contribution < -0.4 is 10.5 Å². The van der Waals surface area contributed by atoms with Crippen LogP contribution in [0, 0.1) is 5.41 Å². The monoisotopic (exact) mass is 266 g/mol. The Hall–Kier alpha value is -2.29. The number of rotatable bonds is 4. The highest BCUT2D eigenvalue weighted by atomic mass is 16.5. The molecule has 0 unspecified atom stereocenters. The molecule has 0 heterocycles. The minimum atomic E-state index is 0.0366. The zero-order valence-corrected chi connectivity index (χ0v) is 11.4. The predicted molar refractivity (Wildman–Crippen MR) is 80.3 cm³/mol. The first-order valence-corrected chi connectivity index (χ1v) is 6.91. The van der Waals surface area contributed by atoms with E-state index >= 15 is 0 Å². The molecular formula is C17H18N2O. The second kappa shape index (κ2) is 5.37. The van der Waals surface area contributed by atoms with E-state index in [4.69, 9.17) is 15.9 Å². The number of para-hydroxylation sites is 1. The molecule has 1 aliphatic rings. The minimum Gasteiger partial charge on any atom is -0.488 e. The molecular weight excluding hydrogens is 248 g/mol. The summed E-state index contributed by atoms with van der Waals surface area (Å²) in [4.78, 5) is 0. The molecule has 0 aromatic heterocycles. The molecule has 2 aromatic rings. The summed E-state index contributed by atoms with van der Waals surface area (Å²) in [5.41, 5.74) is 10.3. The van der Waals surface area contributed by atoms with Crippen LogP contribution >= 0.6 is 0 Å². The smallest absolute Gasteiger partial charge is 0.130 e. The number of hydrogen-bond acceptors (Lipinski definition) is 2. The predicted octanol–water partition coefficient (Wildman–Crippen LogP) is 3.04. The molecule has 0 aliphatic heterocycles. The average Bonchev–Trinajstić information content (AvgIpc) is 2.92. The van der Waals surface area contributed by atoms with Gasteiger partial charge in [0.15, 0.2) is 0 Å². The third kappa shape index (κ3) is 2.52. The first-order chi connectivity index (χ1) is 9.74. The number of amidine groups is 1. The molecule has 3 nitrogen and oxygen atoms in total. The van der Waals surface area contributed by atoms with E-state index in [1.54, 1.807) is 6.07 Å². The van der Waals surface area contributed by atoms with E-state index in [9.17, 15) is 0 Å². The van der Waals surface area contributed by atoms with Crippen LogP contribution in [-0.4, -0.2) is 5.84 Å². The van der Waals surface area contributed by atoms with Crippen LogP contribution in [0.4, 0.5) is 0 Å². The van der Waals surface area contributed by atoms with Gasteiger partial charge in [-0.25, -0.2) is 0 Å². The third-order valence-electron chi connectivity index (χ3n) is 3.73. The van der Waals surface area contributed by atoms with Gasteiger partial charge in [-0.3, -0.25) is 5.41 Å². The average molecular weight is 266 g/mol. The molecule has 0 radical (unpaired) electrons. The Labute approximate surface area is 118 Å². The molecule has 102 valence electrons. The Balaban J connectivity index is 1.75. The van der Waals surface area contributed by atoms with E-state index in [1.807, 2.05) is 18.2 Å². The Morgan fingerprint density at radius 2 is 1.90 bits per heavy atom. The second-order valence-corrected chi connectivity index (χ2v) is 5.16. The Morgan fingerprint density at radius 1 is 1.10 bits per heavy atom. The van der Waals surface area contributed by atoms with Crippen molar-refractivity contribution in [2.24, 2.45) is 5.73 Å². The van der Waals surface area contributed by atoms with Gasteiger partial charge < -0.3 is 10.5 Å². The normalized spacial score (nSPS) is 13.0. The third-order valence-corrected chi connectivity index (χ3v) is 3.73. The van der Waals surface area contributed by atoms with E-state index in [0.717, 1.165) is 0 Å². The van der Waals surface area contributed by atoms with Gasteiger partial charge >= 0.3 is 0 Å². The molecule has 0 bridgehead atoms. The number of fused-ring (bicyclic) bond motifs is 1. The van der Waals surface area contributed by atoms with Crippen molar-refractivity contribution in [3.05, 3.63) is 64.7 Å². The van der Waals surface area contributed by atoms with Gasteiger partial charge in [-0.1, -0.05) is 30.3 Å². The van der Waals surface area contributed by atoms with Gasteiger partial charge in [0.05, 0.1) is 5.56 Å². The number of nitrogen functional groups attached to an aromatic ring is 1. The van der Waals surface area contributed by atoms with Gasteiger partial charge in [0.25, 0.3) is 0 Å². The summed E-state index contributed by atoms with van der Waals surface area (Å²) in [6.45, 7) is 0.511. The van der Waals surface area contributed by atoms with E-state index < -0.39 is 0 Å². The first kappa shape index (κ1) is 12.7. The van der Waals surface area contributed by atoms with Crippen molar-refractivity contribution >= 4 is 5.84 Å². The van der Waals surface area contributed by atoms with Gasteiger partial charge in [-0.15, -0.1) is 0 Å². The highest BCUT2D eigenvalue weighted by Gasteiger charge is 2.11. The van der Waals surface area contributed by atoms with Crippen LogP contribution in [0.25, 0.3) is 0 Å². The van der Waals surface area contributed by atoms with E-state index in [2.05, 4.69) is 18.2 Å². The number of ether oxygens (including phenoxy) is 1. The molecule has 3 N–H and O–H groups in total. The summed E-state index contributed by atoms with van der Waals surface area (Å²) in [6.07, 6.45) is 3.63. The van der Waals surface area contributed by atoms with Gasteiger partial charge in [0.2, 0.25) is 0 Å². The molecule has 0 fully saturated rings. The summed E-state index contributed by atoms with van der Waals surface area (Å²) in [6, 6.07) is 14.0. The first-order valence-electron chi connectivity index (χ1n) is 6.91. The molecule has 20 heavy (non-hydrogen) atoms. The molecule has 0 saturated heterocycles. The number of nitrogens with one attached hydrogen (secondary N) is 1. The molecule has 3 heteroatoms. The van der Waals surface area contributed by atoms with Gasteiger partial charge in [-0.05, 0) is 48.1 Å². The Morgan fingerprint density at radius 3 is 2.75 bits per heavy atom. The fourth-order valence-corrected chi connectivity index (χ4v) is 2.69. The summed E-state index contributed by atoms with van der Waals surface area (Å²) < 4.78 is 5.82. The molecule has 0 amide bonds. The number of hydrogen-bond donors (Lipinski definition) is 2.